The van der Waals surface area contributed by atoms with Crippen molar-refractivity contribution in [1.82, 2.24) is 4.98 Å². The van der Waals surface area contributed by atoms with E-state index in [0.717, 1.165) is 16.8 Å². The predicted molar refractivity (Wildman–Crippen MR) is 59.5 cm³/mol. The van der Waals surface area contributed by atoms with E-state index in [1.807, 2.05) is 49.4 Å². The topological polar surface area (TPSA) is 33.1 Å². The summed E-state index contributed by atoms with van der Waals surface area (Å²) in [6.07, 6.45) is 1.16. The summed E-state index contributed by atoms with van der Waals surface area (Å²) in [4.78, 5) is 4.10. The lowest BCUT2D eigenvalue weighted by Crippen LogP contribution is -2.00. The first kappa shape index (κ1) is 9.87. The molecule has 0 spiro atoms. The van der Waals surface area contributed by atoms with Gasteiger partial charge in [-0.1, -0.05) is 30.3 Å². The van der Waals surface area contributed by atoms with E-state index >= 15 is 0 Å². The number of aromatic nitrogens is 1. The molecule has 1 atom stereocenters. The SMILES string of the molecule is Cc1cc([C@@H](O)c2ccccc2)ccn1. The third-order valence-electron chi connectivity index (χ3n) is 2.35. The average Bonchev–Trinajstić information content (AvgIpc) is 2.29. The molecule has 0 fully saturated rings. The summed E-state index contributed by atoms with van der Waals surface area (Å²) in [6.45, 7) is 1.92. The summed E-state index contributed by atoms with van der Waals surface area (Å²) < 4.78 is 0. The second kappa shape index (κ2) is 4.24. The van der Waals surface area contributed by atoms with Gasteiger partial charge in [0, 0.05) is 11.9 Å². The smallest absolute Gasteiger partial charge is 0.104 e. The van der Waals surface area contributed by atoms with E-state index in [-0.39, 0.29) is 0 Å². The monoisotopic (exact) mass is 199 g/mol. The Morgan fingerprint density at radius 1 is 1.07 bits per heavy atom. The van der Waals surface area contributed by atoms with Crippen molar-refractivity contribution in [3.8, 4) is 0 Å². The van der Waals surface area contributed by atoms with Crippen LogP contribution in [0.3, 0.4) is 0 Å². The number of nitrogens with zero attached hydrogens (tertiary/aromatic N) is 1. The van der Waals surface area contributed by atoms with Gasteiger partial charge >= 0.3 is 0 Å². The lowest BCUT2D eigenvalue weighted by Gasteiger charge is -2.11. The van der Waals surface area contributed by atoms with E-state index in [0.29, 0.717) is 0 Å². The number of hydrogen-bond donors (Lipinski definition) is 1. The minimum atomic E-state index is -0.562. The second-order valence-electron chi connectivity index (χ2n) is 3.54. The first-order valence-electron chi connectivity index (χ1n) is 4.93. The van der Waals surface area contributed by atoms with Gasteiger partial charge in [0.05, 0.1) is 0 Å². The van der Waals surface area contributed by atoms with Crippen molar-refractivity contribution in [2.24, 2.45) is 0 Å². The Bertz CT molecular complexity index is 439. The van der Waals surface area contributed by atoms with Gasteiger partial charge in [-0.2, -0.15) is 0 Å². The Morgan fingerprint density at radius 3 is 2.47 bits per heavy atom. The van der Waals surface area contributed by atoms with Crippen molar-refractivity contribution < 1.29 is 5.11 Å². The molecule has 2 rings (SSSR count). The fourth-order valence-electron chi connectivity index (χ4n) is 1.57. The van der Waals surface area contributed by atoms with E-state index in [4.69, 9.17) is 0 Å². The summed E-state index contributed by atoms with van der Waals surface area (Å²) in [5.74, 6) is 0. The molecule has 2 aromatic rings. The van der Waals surface area contributed by atoms with Gasteiger partial charge in [-0.3, -0.25) is 4.98 Å². The number of pyridine rings is 1. The molecule has 0 aliphatic rings. The maximum Gasteiger partial charge on any atom is 0.104 e. The Kier molecular flexibility index (Phi) is 2.79. The molecule has 15 heavy (non-hydrogen) atoms. The van der Waals surface area contributed by atoms with Crippen molar-refractivity contribution >= 4 is 0 Å². The first-order chi connectivity index (χ1) is 7.27. The number of aliphatic hydroxyl groups excluding tert-OH is 1. The first-order valence-corrected chi connectivity index (χ1v) is 4.93. The van der Waals surface area contributed by atoms with Crippen molar-refractivity contribution in [2.75, 3.05) is 0 Å². The highest BCUT2D eigenvalue weighted by Crippen LogP contribution is 2.21. The summed E-state index contributed by atoms with van der Waals surface area (Å²) in [5, 5.41) is 10.1. The predicted octanol–water partition coefficient (Wildman–Crippen LogP) is 2.47. The average molecular weight is 199 g/mol. The summed E-state index contributed by atoms with van der Waals surface area (Å²) in [6, 6.07) is 13.4. The van der Waals surface area contributed by atoms with E-state index in [1.54, 1.807) is 6.20 Å². The Hall–Kier alpha value is -1.67. The lowest BCUT2D eigenvalue weighted by atomic mass is 10.0. The van der Waals surface area contributed by atoms with E-state index < -0.39 is 6.10 Å². The van der Waals surface area contributed by atoms with Crippen LogP contribution in [0.2, 0.25) is 0 Å². The fraction of sp³-hybridized carbons (Fsp3) is 0.154. The molecule has 2 heteroatoms. The zero-order chi connectivity index (χ0) is 10.7. The largest absolute Gasteiger partial charge is 0.384 e. The Balaban J connectivity index is 2.32. The molecule has 76 valence electrons. The van der Waals surface area contributed by atoms with Crippen LogP contribution >= 0.6 is 0 Å². The Morgan fingerprint density at radius 2 is 1.80 bits per heavy atom. The molecule has 0 saturated heterocycles. The third kappa shape index (κ3) is 2.22. The number of rotatable bonds is 2. The van der Waals surface area contributed by atoms with E-state index in [1.165, 1.54) is 0 Å². The van der Waals surface area contributed by atoms with Crippen LogP contribution in [-0.2, 0) is 0 Å². The summed E-state index contributed by atoms with van der Waals surface area (Å²) >= 11 is 0. The maximum atomic E-state index is 10.1. The van der Waals surface area contributed by atoms with Crippen molar-refractivity contribution in [1.29, 1.82) is 0 Å². The van der Waals surface area contributed by atoms with Crippen molar-refractivity contribution in [2.45, 2.75) is 13.0 Å². The number of hydrogen-bond acceptors (Lipinski definition) is 2. The van der Waals surface area contributed by atoms with Gasteiger partial charge < -0.3 is 5.11 Å². The molecule has 0 radical (unpaired) electrons. The van der Waals surface area contributed by atoms with Crippen LogP contribution < -0.4 is 0 Å². The van der Waals surface area contributed by atoms with Gasteiger partial charge in [0.1, 0.15) is 6.10 Å². The molecule has 1 aromatic carbocycles. The molecule has 2 nitrogen and oxygen atoms in total. The molecule has 1 aromatic heterocycles. The molecule has 0 saturated carbocycles. The lowest BCUT2D eigenvalue weighted by molar-refractivity contribution is 0.220. The Labute approximate surface area is 89.2 Å². The molecule has 0 bridgehead atoms. The summed E-state index contributed by atoms with van der Waals surface area (Å²) in [5.41, 5.74) is 2.71. The van der Waals surface area contributed by atoms with Crippen LogP contribution in [0.1, 0.15) is 22.9 Å². The molecule has 0 unspecified atom stereocenters. The minimum absolute atomic E-state index is 0.562. The zero-order valence-corrected chi connectivity index (χ0v) is 8.59. The number of aryl methyl sites for hydroxylation is 1. The van der Waals surface area contributed by atoms with Crippen molar-refractivity contribution in [3.05, 3.63) is 65.5 Å². The van der Waals surface area contributed by atoms with Crippen LogP contribution in [0.15, 0.2) is 48.7 Å². The molecule has 1 heterocycles. The fourth-order valence-corrected chi connectivity index (χ4v) is 1.57. The normalized spacial score (nSPS) is 12.4. The molecule has 0 amide bonds. The number of benzene rings is 1. The van der Waals surface area contributed by atoms with Crippen molar-refractivity contribution in [3.63, 3.8) is 0 Å². The van der Waals surface area contributed by atoms with E-state index in [9.17, 15) is 5.11 Å². The highest BCUT2D eigenvalue weighted by Gasteiger charge is 2.09. The van der Waals surface area contributed by atoms with Crippen LogP contribution in [0.4, 0.5) is 0 Å². The molecular weight excluding hydrogens is 186 g/mol. The van der Waals surface area contributed by atoms with Crippen LogP contribution in [-0.4, -0.2) is 10.1 Å². The highest BCUT2D eigenvalue weighted by atomic mass is 16.3. The number of aliphatic hydroxyl groups is 1. The van der Waals surface area contributed by atoms with Gasteiger partial charge in [0.25, 0.3) is 0 Å². The van der Waals surface area contributed by atoms with Gasteiger partial charge in [0.15, 0.2) is 0 Å². The highest BCUT2D eigenvalue weighted by molar-refractivity contribution is 5.29. The molecule has 1 N–H and O–H groups in total. The van der Waals surface area contributed by atoms with Gasteiger partial charge in [-0.25, -0.2) is 0 Å². The van der Waals surface area contributed by atoms with Gasteiger partial charge in [-0.05, 0) is 30.2 Å². The maximum absolute atomic E-state index is 10.1. The zero-order valence-electron chi connectivity index (χ0n) is 8.59. The second-order valence-corrected chi connectivity index (χ2v) is 3.54. The molecule has 0 aliphatic heterocycles. The summed E-state index contributed by atoms with van der Waals surface area (Å²) in [7, 11) is 0. The van der Waals surface area contributed by atoms with Crippen LogP contribution in [0, 0.1) is 6.92 Å². The van der Waals surface area contributed by atoms with Gasteiger partial charge in [-0.15, -0.1) is 0 Å². The quantitative estimate of drug-likeness (QED) is 0.806. The van der Waals surface area contributed by atoms with Gasteiger partial charge in [0.2, 0.25) is 0 Å². The third-order valence-corrected chi connectivity index (χ3v) is 2.35. The molecule has 0 aliphatic carbocycles. The molecular formula is C13H13NO. The van der Waals surface area contributed by atoms with Crippen LogP contribution in [0.25, 0.3) is 0 Å². The minimum Gasteiger partial charge on any atom is -0.384 e. The standard InChI is InChI=1S/C13H13NO/c1-10-9-12(7-8-14-10)13(15)11-5-3-2-4-6-11/h2-9,13,15H,1H3/t13-/m0/s1. The van der Waals surface area contributed by atoms with E-state index in [2.05, 4.69) is 4.98 Å². The van der Waals surface area contributed by atoms with Crippen LogP contribution in [0.5, 0.6) is 0 Å².